The number of unbranched alkanes of at least 4 members (excludes halogenated alkanes) is 1. The van der Waals surface area contributed by atoms with Gasteiger partial charge in [0.05, 0.1) is 6.20 Å². The highest BCUT2D eigenvalue weighted by atomic mass is 32.2. The van der Waals surface area contributed by atoms with E-state index in [2.05, 4.69) is 21.9 Å². The molecule has 0 aliphatic rings. The Labute approximate surface area is 87.3 Å². The van der Waals surface area contributed by atoms with E-state index in [4.69, 9.17) is 0 Å². The minimum atomic E-state index is 0.866. The molecule has 2 aromatic rings. The van der Waals surface area contributed by atoms with Crippen LogP contribution < -0.4 is 0 Å². The molecular weight excluding hydrogens is 194 g/mol. The quantitative estimate of drug-likeness (QED) is 0.619. The Bertz CT molecular complexity index is 410. The highest BCUT2D eigenvalue weighted by molar-refractivity contribution is 7.99. The number of fused-ring (bicyclic) bond motifs is 1. The standard InChI is InChI=1S/C10H13N3S/c1-2-3-6-14-9-7-12-10-8(13-9)4-5-11-10/h4-5,7H,2-3,6H2,1H3,(H,11,12). The van der Waals surface area contributed by atoms with E-state index in [0.29, 0.717) is 0 Å². The van der Waals surface area contributed by atoms with E-state index >= 15 is 0 Å². The van der Waals surface area contributed by atoms with E-state index in [-0.39, 0.29) is 0 Å². The highest BCUT2D eigenvalue weighted by Crippen LogP contribution is 2.18. The zero-order valence-electron chi connectivity index (χ0n) is 8.16. The van der Waals surface area contributed by atoms with Crippen molar-refractivity contribution in [2.24, 2.45) is 0 Å². The van der Waals surface area contributed by atoms with Crippen molar-refractivity contribution < 1.29 is 0 Å². The maximum absolute atomic E-state index is 4.48. The fourth-order valence-electron chi connectivity index (χ4n) is 1.20. The first-order valence-corrected chi connectivity index (χ1v) is 5.81. The Morgan fingerprint density at radius 2 is 2.43 bits per heavy atom. The van der Waals surface area contributed by atoms with E-state index < -0.39 is 0 Å². The van der Waals surface area contributed by atoms with Crippen molar-refractivity contribution in [3.8, 4) is 0 Å². The average Bonchev–Trinajstić information content (AvgIpc) is 2.65. The number of nitrogens with zero attached hydrogens (tertiary/aromatic N) is 2. The molecule has 0 unspecified atom stereocenters. The number of hydrogen-bond acceptors (Lipinski definition) is 3. The van der Waals surface area contributed by atoms with Gasteiger partial charge in [-0.2, -0.15) is 0 Å². The summed E-state index contributed by atoms with van der Waals surface area (Å²) in [6, 6.07) is 1.95. The smallest absolute Gasteiger partial charge is 0.156 e. The summed E-state index contributed by atoms with van der Waals surface area (Å²) in [7, 11) is 0. The van der Waals surface area contributed by atoms with Crippen LogP contribution in [-0.4, -0.2) is 20.7 Å². The molecule has 0 saturated carbocycles. The van der Waals surface area contributed by atoms with Crippen molar-refractivity contribution in [3.05, 3.63) is 18.5 Å². The zero-order valence-corrected chi connectivity index (χ0v) is 8.97. The summed E-state index contributed by atoms with van der Waals surface area (Å²) in [5.41, 5.74) is 1.82. The van der Waals surface area contributed by atoms with Gasteiger partial charge in [-0.25, -0.2) is 9.97 Å². The van der Waals surface area contributed by atoms with E-state index in [1.165, 1.54) is 12.8 Å². The first-order valence-electron chi connectivity index (χ1n) is 4.83. The number of thioether (sulfide) groups is 1. The predicted molar refractivity (Wildman–Crippen MR) is 59.5 cm³/mol. The summed E-state index contributed by atoms with van der Waals surface area (Å²) in [4.78, 5) is 11.8. The number of rotatable bonds is 4. The SMILES string of the molecule is CCCCSc1cnc2[nH]ccc2n1. The van der Waals surface area contributed by atoms with E-state index in [1.807, 2.05) is 18.5 Å². The minimum absolute atomic E-state index is 0.866. The van der Waals surface area contributed by atoms with Crippen molar-refractivity contribution in [3.63, 3.8) is 0 Å². The second-order valence-corrected chi connectivity index (χ2v) is 4.24. The third kappa shape index (κ3) is 2.07. The molecule has 4 heteroatoms. The fourth-order valence-corrected chi connectivity index (χ4v) is 2.14. The second-order valence-electron chi connectivity index (χ2n) is 3.12. The fraction of sp³-hybridized carbons (Fsp3) is 0.400. The van der Waals surface area contributed by atoms with Gasteiger partial charge in [0.25, 0.3) is 0 Å². The van der Waals surface area contributed by atoms with Crippen molar-refractivity contribution in [1.29, 1.82) is 0 Å². The van der Waals surface area contributed by atoms with Gasteiger partial charge in [0.1, 0.15) is 10.5 Å². The third-order valence-electron chi connectivity index (χ3n) is 1.99. The molecule has 1 N–H and O–H groups in total. The van der Waals surface area contributed by atoms with Gasteiger partial charge in [-0.15, -0.1) is 11.8 Å². The highest BCUT2D eigenvalue weighted by Gasteiger charge is 2.00. The minimum Gasteiger partial charge on any atom is -0.345 e. The molecule has 0 fully saturated rings. The van der Waals surface area contributed by atoms with Gasteiger partial charge in [0.15, 0.2) is 5.65 Å². The summed E-state index contributed by atoms with van der Waals surface area (Å²) in [5.74, 6) is 1.13. The lowest BCUT2D eigenvalue weighted by molar-refractivity contribution is 0.894. The van der Waals surface area contributed by atoms with Crippen LogP contribution in [0.5, 0.6) is 0 Å². The van der Waals surface area contributed by atoms with Crippen LogP contribution in [0.25, 0.3) is 11.2 Å². The molecule has 0 radical (unpaired) electrons. The van der Waals surface area contributed by atoms with Crippen molar-refractivity contribution >= 4 is 22.9 Å². The van der Waals surface area contributed by atoms with Gasteiger partial charge >= 0.3 is 0 Å². The summed E-state index contributed by atoms with van der Waals surface area (Å²) in [5, 5.41) is 1.02. The average molecular weight is 207 g/mol. The van der Waals surface area contributed by atoms with Gasteiger partial charge in [-0.3, -0.25) is 0 Å². The number of nitrogens with one attached hydrogen (secondary N) is 1. The lowest BCUT2D eigenvalue weighted by atomic mass is 10.4. The molecule has 2 heterocycles. The number of hydrogen-bond donors (Lipinski definition) is 1. The lowest BCUT2D eigenvalue weighted by Crippen LogP contribution is -1.86. The number of aromatic amines is 1. The van der Waals surface area contributed by atoms with E-state index in [0.717, 1.165) is 21.9 Å². The van der Waals surface area contributed by atoms with Crippen LogP contribution >= 0.6 is 11.8 Å². The van der Waals surface area contributed by atoms with Crippen LogP contribution in [0.3, 0.4) is 0 Å². The maximum Gasteiger partial charge on any atom is 0.156 e. The molecule has 14 heavy (non-hydrogen) atoms. The Morgan fingerprint density at radius 3 is 3.29 bits per heavy atom. The van der Waals surface area contributed by atoms with Gasteiger partial charge < -0.3 is 4.98 Å². The molecule has 0 aromatic carbocycles. The van der Waals surface area contributed by atoms with Crippen LogP contribution in [0.4, 0.5) is 0 Å². The molecule has 0 saturated heterocycles. The molecule has 2 rings (SSSR count). The van der Waals surface area contributed by atoms with Gasteiger partial charge in [-0.1, -0.05) is 13.3 Å². The molecule has 3 nitrogen and oxygen atoms in total. The topological polar surface area (TPSA) is 41.6 Å². The molecule has 2 aromatic heterocycles. The first kappa shape index (κ1) is 9.52. The first-order chi connectivity index (χ1) is 6.90. The lowest BCUT2D eigenvalue weighted by Gasteiger charge is -1.98. The number of aromatic nitrogens is 3. The molecule has 0 amide bonds. The van der Waals surface area contributed by atoms with Crippen molar-refractivity contribution in [1.82, 2.24) is 15.0 Å². The summed E-state index contributed by atoms with van der Waals surface area (Å²) in [6.45, 7) is 2.20. The summed E-state index contributed by atoms with van der Waals surface area (Å²) < 4.78 is 0. The molecule has 0 aliphatic carbocycles. The largest absolute Gasteiger partial charge is 0.345 e. The van der Waals surface area contributed by atoms with Crippen LogP contribution in [-0.2, 0) is 0 Å². The maximum atomic E-state index is 4.48. The second kappa shape index (κ2) is 4.46. The van der Waals surface area contributed by atoms with Crippen LogP contribution in [0.2, 0.25) is 0 Å². The predicted octanol–water partition coefficient (Wildman–Crippen LogP) is 2.85. The Balaban J connectivity index is 2.10. The Kier molecular flexibility index (Phi) is 3.03. The zero-order chi connectivity index (χ0) is 9.80. The van der Waals surface area contributed by atoms with Gasteiger partial charge in [-0.05, 0) is 18.2 Å². The summed E-state index contributed by atoms with van der Waals surface area (Å²) >= 11 is 1.78. The molecular formula is C10H13N3S. The van der Waals surface area contributed by atoms with E-state index in [9.17, 15) is 0 Å². The van der Waals surface area contributed by atoms with Crippen molar-refractivity contribution in [2.45, 2.75) is 24.8 Å². The summed E-state index contributed by atoms with van der Waals surface area (Å²) in [6.07, 6.45) is 6.16. The van der Waals surface area contributed by atoms with Gasteiger partial charge in [0, 0.05) is 6.20 Å². The van der Waals surface area contributed by atoms with Crippen LogP contribution in [0.15, 0.2) is 23.5 Å². The van der Waals surface area contributed by atoms with Gasteiger partial charge in [0.2, 0.25) is 0 Å². The molecule has 0 aliphatic heterocycles. The molecule has 0 bridgehead atoms. The molecule has 74 valence electrons. The Hall–Kier alpha value is -1.03. The normalized spacial score (nSPS) is 10.9. The number of H-pyrrole nitrogens is 1. The third-order valence-corrected chi connectivity index (χ3v) is 2.97. The van der Waals surface area contributed by atoms with E-state index in [1.54, 1.807) is 11.8 Å². The molecule has 0 spiro atoms. The molecule has 0 atom stereocenters. The monoisotopic (exact) mass is 207 g/mol. The Morgan fingerprint density at radius 1 is 1.50 bits per heavy atom. The van der Waals surface area contributed by atoms with Crippen molar-refractivity contribution in [2.75, 3.05) is 5.75 Å². The van der Waals surface area contributed by atoms with Crippen LogP contribution in [0.1, 0.15) is 19.8 Å². The van der Waals surface area contributed by atoms with Crippen LogP contribution in [0, 0.1) is 0 Å².